The Morgan fingerprint density at radius 2 is 1.94 bits per heavy atom. The molecule has 0 aliphatic carbocycles. The Kier molecular flexibility index (Phi) is 5.03. The van der Waals surface area contributed by atoms with Crippen molar-refractivity contribution in [1.29, 1.82) is 0 Å². The molecule has 0 aliphatic rings. The minimum Gasteiger partial charge on any atom is -0.309 e. The summed E-state index contributed by atoms with van der Waals surface area (Å²) in [6, 6.07) is 6.55. The summed E-state index contributed by atoms with van der Waals surface area (Å²) in [5.41, 5.74) is 2.82. The first kappa shape index (κ1) is 14.5. The fourth-order valence-electron chi connectivity index (χ4n) is 2.13. The normalized spacial score (nSPS) is 13.8. The number of aryl methyl sites for hydroxylation is 1. The maximum atomic E-state index is 6.02. The van der Waals surface area contributed by atoms with Gasteiger partial charge in [-0.3, -0.25) is 0 Å². The Balaban J connectivity index is 3.04. The molecule has 0 fully saturated rings. The third-order valence-corrected chi connectivity index (χ3v) is 3.24. The Morgan fingerprint density at radius 3 is 2.41 bits per heavy atom. The third kappa shape index (κ3) is 4.01. The lowest BCUT2D eigenvalue weighted by Crippen LogP contribution is -2.33. The molecular formula is C15H24ClN. The lowest BCUT2D eigenvalue weighted by molar-refractivity contribution is 0.272. The van der Waals surface area contributed by atoms with E-state index in [1.165, 1.54) is 11.1 Å². The molecule has 1 N–H and O–H groups in total. The minimum absolute atomic E-state index is 0.202. The molecule has 2 heteroatoms. The standard InChI is InChI=1S/C15H24ClN/c1-6-9-17-14(15(3,4)5)13-8-7-12(16)10-11(13)2/h7-8,10,14,17H,6,9H2,1-5H3. The van der Waals surface area contributed by atoms with Gasteiger partial charge in [-0.2, -0.15) is 0 Å². The summed E-state index contributed by atoms with van der Waals surface area (Å²) in [5.74, 6) is 0. The van der Waals surface area contributed by atoms with Crippen molar-refractivity contribution in [2.75, 3.05) is 6.54 Å². The predicted octanol–water partition coefficient (Wildman–Crippen LogP) is 4.74. The Hall–Kier alpha value is -0.530. The molecule has 0 bridgehead atoms. The molecule has 0 aromatic heterocycles. The number of rotatable bonds is 4. The largest absolute Gasteiger partial charge is 0.309 e. The van der Waals surface area contributed by atoms with Gasteiger partial charge in [-0.05, 0) is 48.6 Å². The molecular weight excluding hydrogens is 230 g/mol. The van der Waals surface area contributed by atoms with Crippen molar-refractivity contribution in [2.24, 2.45) is 5.41 Å². The van der Waals surface area contributed by atoms with Crippen LogP contribution in [0.1, 0.15) is 51.3 Å². The summed E-state index contributed by atoms with van der Waals surface area (Å²) in [7, 11) is 0. The summed E-state index contributed by atoms with van der Waals surface area (Å²) in [6.45, 7) is 12.2. The van der Waals surface area contributed by atoms with Crippen molar-refractivity contribution < 1.29 is 0 Å². The van der Waals surface area contributed by atoms with Gasteiger partial charge >= 0.3 is 0 Å². The van der Waals surface area contributed by atoms with Gasteiger partial charge in [0.05, 0.1) is 0 Å². The van der Waals surface area contributed by atoms with Gasteiger partial charge in [-0.15, -0.1) is 0 Å². The highest BCUT2D eigenvalue weighted by Gasteiger charge is 2.26. The lowest BCUT2D eigenvalue weighted by Gasteiger charge is -2.33. The average Bonchev–Trinajstić information content (AvgIpc) is 2.19. The van der Waals surface area contributed by atoms with E-state index in [9.17, 15) is 0 Å². The molecule has 0 saturated heterocycles. The number of halogens is 1. The average molecular weight is 254 g/mol. The second kappa shape index (κ2) is 5.88. The first-order valence-electron chi connectivity index (χ1n) is 6.35. The van der Waals surface area contributed by atoms with Crippen LogP contribution in [0.25, 0.3) is 0 Å². The summed E-state index contributed by atoms with van der Waals surface area (Å²) in [4.78, 5) is 0. The van der Waals surface area contributed by atoms with Crippen molar-refractivity contribution in [1.82, 2.24) is 5.32 Å². The van der Waals surface area contributed by atoms with Crippen molar-refractivity contribution in [3.05, 3.63) is 34.3 Å². The van der Waals surface area contributed by atoms with E-state index in [0.717, 1.165) is 18.0 Å². The summed E-state index contributed by atoms with van der Waals surface area (Å²) >= 11 is 6.02. The fourth-order valence-corrected chi connectivity index (χ4v) is 2.36. The van der Waals surface area contributed by atoms with E-state index >= 15 is 0 Å². The molecule has 1 unspecified atom stereocenters. The van der Waals surface area contributed by atoms with Crippen LogP contribution in [0.4, 0.5) is 0 Å². The van der Waals surface area contributed by atoms with E-state index in [1.807, 2.05) is 12.1 Å². The van der Waals surface area contributed by atoms with E-state index in [-0.39, 0.29) is 5.41 Å². The smallest absolute Gasteiger partial charge is 0.0408 e. The minimum atomic E-state index is 0.202. The molecule has 0 heterocycles. The Labute approximate surface area is 111 Å². The quantitative estimate of drug-likeness (QED) is 0.818. The van der Waals surface area contributed by atoms with Crippen molar-refractivity contribution in [3.8, 4) is 0 Å². The van der Waals surface area contributed by atoms with Crippen LogP contribution in [0.3, 0.4) is 0 Å². The Morgan fingerprint density at radius 1 is 1.29 bits per heavy atom. The SMILES string of the molecule is CCCNC(c1ccc(Cl)cc1C)C(C)(C)C. The molecule has 17 heavy (non-hydrogen) atoms. The first-order valence-corrected chi connectivity index (χ1v) is 6.73. The summed E-state index contributed by atoms with van der Waals surface area (Å²) in [6.07, 6.45) is 1.15. The van der Waals surface area contributed by atoms with Crippen molar-refractivity contribution in [3.63, 3.8) is 0 Å². The van der Waals surface area contributed by atoms with Gasteiger partial charge in [0.1, 0.15) is 0 Å². The molecule has 96 valence electrons. The molecule has 1 nitrogen and oxygen atoms in total. The molecule has 0 amide bonds. The van der Waals surface area contributed by atoms with E-state index in [4.69, 9.17) is 11.6 Å². The monoisotopic (exact) mass is 253 g/mol. The molecule has 1 aromatic rings. The van der Waals surface area contributed by atoms with Gasteiger partial charge in [-0.1, -0.05) is 45.4 Å². The van der Waals surface area contributed by atoms with Crippen LogP contribution in [-0.4, -0.2) is 6.54 Å². The van der Waals surface area contributed by atoms with Gasteiger partial charge in [0.2, 0.25) is 0 Å². The van der Waals surface area contributed by atoms with E-state index in [2.05, 4.69) is 46.0 Å². The van der Waals surface area contributed by atoms with Crippen LogP contribution in [0.15, 0.2) is 18.2 Å². The van der Waals surface area contributed by atoms with Gasteiger partial charge < -0.3 is 5.32 Å². The molecule has 0 radical (unpaired) electrons. The number of hydrogen-bond donors (Lipinski definition) is 1. The molecule has 1 atom stereocenters. The highest BCUT2D eigenvalue weighted by atomic mass is 35.5. The number of benzene rings is 1. The molecule has 1 rings (SSSR count). The molecule has 0 aliphatic heterocycles. The maximum absolute atomic E-state index is 6.02. The van der Waals surface area contributed by atoms with Gasteiger partial charge in [0.25, 0.3) is 0 Å². The second-order valence-electron chi connectivity index (χ2n) is 5.75. The highest BCUT2D eigenvalue weighted by Crippen LogP contribution is 2.35. The van der Waals surface area contributed by atoms with E-state index in [0.29, 0.717) is 6.04 Å². The number of nitrogens with one attached hydrogen (secondary N) is 1. The van der Waals surface area contributed by atoms with Gasteiger partial charge in [0, 0.05) is 11.1 Å². The molecule has 0 saturated carbocycles. The zero-order chi connectivity index (χ0) is 13.1. The van der Waals surface area contributed by atoms with E-state index in [1.54, 1.807) is 0 Å². The highest BCUT2D eigenvalue weighted by molar-refractivity contribution is 6.30. The maximum Gasteiger partial charge on any atom is 0.0408 e. The van der Waals surface area contributed by atoms with Crippen LogP contribution in [0.2, 0.25) is 5.02 Å². The Bertz CT molecular complexity index is 366. The third-order valence-electron chi connectivity index (χ3n) is 3.01. The van der Waals surface area contributed by atoms with Crippen LogP contribution >= 0.6 is 11.6 Å². The summed E-state index contributed by atoms with van der Waals surface area (Å²) < 4.78 is 0. The number of hydrogen-bond acceptors (Lipinski definition) is 1. The van der Waals surface area contributed by atoms with Gasteiger partial charge in [-0.25, -0.2) is 0 Å². The van der Waals surface area contributed by atoms with Crippen LogP contribution in [0.5, 0.6) is 0 Å². The second-order valence-corrected chi connectivity index (χ2v) is 6.19. The zero-order valence-corrected chi connectivity index (χ0v) is 12.4. The van der Waals surface area contributed by atoms with Gasteiger partial charge in [0.15, 0.2) is 0 Å². The summed E-state index contributed by atoms with van der Waals surface area (Å²) in [5, 5.41) is 4.46. The van der Waals surface area contributed by atoms with E-state index < -0.39 is 0 Å². The fraction of sp³-hybridized carbons (Fsp3) is 0.600. The zero-order valence-electron chi connectivity index (χ0n) is 11.6. The molecule has 1 aromatic carbocycles. The first-order chi connectivity index (χ1) is 7.86. The van der Waals surface area contributed by atoms with Crippen LogP contribution in [-0.2, 0) is 0 Å². The van der Waals surface area contributed by atoms with Crippen molar-refractivity contribution >= 4 is 11.6 Å². The van der Waals surface area contributed by atoms with Crippen LogP contribution < -0.4 is 5.32 Å². The predicted molar refractivity (Wildman–Crippen MR) is 76.7 cm³/mol. The lowest BCUT2D eigenvalue weighted by atomic mass is 9.81. The topological polar surface area (TPSA) is 12.0 Å². The van der Waals surface area contributed by atoms with Crippen LogP contribution in [0, 0.1) is 12.3 Å². The molecule has 0 spiro atoms. The van der Waals surface area contributed by atoms with Crippen molar-refractivity contribution in [2.45, 2.75) is 47.1 Å².